The Labute approximate surface area is 487 Å². The second-order valence-electron chi connectivity index (χ2n) is 24.2. The number of hydrogen-bond donors (Lipinski definition) is 0. The minimum absolute atomic E-state index is 0.0712. The molecule has 0 rings (SSSR count). The van der Waals surface area contributed by atoms with Gasteiger partial charge in [-0.3, -0.25) is 14.4 Å². The lowest BCUT2D eigenvalue weighted by Gasteiger charge is -2.18. The van der Waals surface area contributed by atoms with Crippen LogP contribution in [0.5, 0.6) is 0 Å². The van der Waals surface area contributed by atoms with Crippen LogP contribution >= 0.6 is 0 Å². The summed E-state index contributed by atoms with van der Waals surface area (Å²) in [5, 5.41) is 0. The average Bonchev–Trinajstić information content (AvgIpc) is 3.44. The highest BCUT2D eigenvalue weighted by Crippen LogP contribution is 2.19. The molecule has 78 heavy (non-hydrogen) atoms. The van der Waals surface area contributed by atoms with Gasteiger partial charge in [0.15, 0.2) is 6.10 Å². The molecular weight excluding hydrogens is 961 g/mol. The van der Waals surface area contributed by atoms with Gasteiger partial charge in [-0.05, 0) is 51.4 Å². The number of rotatable bonds is 66. The largest absolute Gasteiger partial charge is 0.462 e. The Morgan fingerprint density at radius 1 is 0.256 bits per heavy atom. The second-order valence-corrected chi connectivity index (χ2v) is 24.2. The van der Waals surface area contributed by atoms with Gasteiger partial charge in [-0.1, -0.05) is 353 Å². The summed E-state index contributed by atoms with van der Waals surface area (Å²) < 4.78 is 16.9. The van der Waals surface area contributed by atoms with Crippen LogP contribution in [0.1, 0.15) is 400 Å². The van der Waals surface area contributed by atoms with Crippen molar-refractivity contribution in [3.05, 3.63) is 24.3 Å². The van der Waals surface area contributed by atoms with E-state index in [1.165, 1.54) is 283 Å². The summed E-state index contributed by atoms with van der Waals surface area (Å²) in [5.74, 6) is -0.858. The van der Waals surface area contributed by atoms with Crippen molar-refractivity contribution in [2.45, 2.75) is 406 Å². The molecule has 0 spiro atoms. The highest BCUT2D eigenvalue weighted by molar-refractivity contribution is 5.71. The Morgan fingerprint density at radius 2 is 0.462 bits per heavy atom. The van der Waals surface area contributed by atoms with Crippen molar-refractivity contribution in [3.8, 4) is 0 Å². The van der Waals surface area contributed by atoms with Gasteiger partial charge in [0.25, 0.3) is 0 Å². The minimum atomic E-state index is -0.775. The fourth-order valence-electron chi connectivity index (χ4n) is 10.9. The maximum atomic E-state index is 12.9. The predicted octanol–water partition coefficient (Wildman–Crippen LogP) is 24.2. The van der Waals surface area contributed by atoms with E-state index in [2.05, 4.69) is 45.1 Å². The molecule has 0 amide bonds. The molecule has 0 saturated heterocycles. The molecule has 0 radical (unpaired) electrons. The summed E-state index contributed by atoms with van der Waals surface area (Å²) in [6, 6.07) is 0. The van der Waals surface area contributed by atoms with E-state index in [9.17, 15) is 14.4 Å². The fourth-order valence-corrected chi connectivity index (χ4v) is 10.9. The van der Waals surface area contributed by atoms with Gasteiger partial charge in [0.1, 0.15) is 13.2 Å². The van der Waals surface area contributed by atoms with Gasteiger partial charge >= 0.3 is 17.9 Å². The van der Waals surface area contributed by atoms with Gasteiger partial charge in [-0.15, -0.1) is 0 Å². The Morgan fingerprint density at radius 3 is 0.731 bits per heavy atom. The summed E-state index contributed by atoms with van der Waals surface area (Å²) >= 11 is 0. The Bertz CT molecular complexity index is 1260. The molecule has 6 nitrogen and oxygen atoms in total. The summed E-state index contributed by atoms with van der Waals surface area (Å²) in [4.78, 5) is 38.3. The van der Waals surface area contributed by atoms with Crippen LogP contribution in [0.4, 0.5) is 0 Å². The van der Waals surface area contributed by atoms with Crippen molar-refractivity contribution in [1.29, 1.82) is 0 Å². The average molecular weight is 1100 g/mol. The molecule has 0 heterocycles. The van der Waals surface area contributed by atoms with E-state index >= 15 is 0 Å². The summed E-state index contributed by atoms with van der Waals surface area (Å²) in [6.07, 6.45) is 82.3. The number of allylic oxidation sites excluding steroid dienone is 4. The quantitative estimate of drug-likeness (QED) is 0.0261. The van der Waals surface area contributed by atoms with Crippen LogP contribution in [0.3, 0.4) is 0 Å². The third kappa shape index (κ3) is 64.7. The predicted molar refractivity (Wildman–Crippen MR) is 340 cm³/mol. The fraction of sp³-hybridized carbons (Fsp3) is 0.903. The highest BCUT2D eigenvalue weighted by Gasteiger charge is 2.19. The van der Waals surface area contributed by atoms with Crippen LogP contribution in [0.15, 0.2) is 24.3 Å². The van der Waals surface area contributed by atoms with Crippen LogP contribution in [0.2, 0.25) is 0 Å². The summed E-state index contributed by atoms with van der Waals surface area (Å²) in [6.45, 7) is 6.67. The molecule has 0 saturated carbocycles. The van der Waals surface area contributed by atoms with Gasteiger partial charge in [0, 0.05) is 19.3 Å². The normalized spacial score (nSPS) is 12.1. The van der Waals surface area contributed by atoms with Crippen molar-refractivity contribution in [3.63, 3.8) is 0 Å². The molecule has 0 aromatic carbocycles. The Kier molecular flexibility index (Phi) is 65.6. The smallest absolute Gasteiger partial charge is 0.306 e. The first kappa shape index (κ1) is 75.9. The molecule has 6 heteroatoms. The minimum Gasteiger partial charge on any atom is -0.462 e. The summed E-state index contributed by atoms with van der Waals surface area (Å²) in [5.41, 5.74) is 0. The number of hydrogen-bond acceptors (Lipinski definition) is 6. The molecule has 0 aromatic heterocycles. The zero-order chi connectivity index (χ0) is 56.4. The Balaban J connectivity index is 4.04. The van der Waals surface area contributed by atoms with Gasteiger partial charge in [-0.2, -0.15) is 0 Å². The van der Waals surface area contributed by atoms with Gasteiger partial charge in [-0.25, -0.2) is 0 Å². The maximum absolute atomic E-state index is 12.9. The van der Waals surface area contributed by atoms with E-state index in [0.717, 1.165) is 77.0 Å². The molecule has 0 bridgehead atoms. The van der Waals surface area contributed by atoms with E-state index in [0.29, 0.717) is 19.3 Å². The van der Waals surface area contributed by atoms with Gasteiger partial charge in [0.2, 0.25) is 0 Å². The van der Waals surface area contributed by atoms with E-state index in [1.807, 2.05) is 0 Å². The molecule has 1 atom stereocenters. The number of carbonyl (C=O) groups is 3. The first-order chi connectivity index (χ1) is 38.5. The van der Waals surface area contributed by atoms with Crippen molar-refractivity contribution in [1.82, 2.24) is 0 Å². The zero-order valence-electron chi connectivity index (χ0n) is 53.0. The van der Waals surface area contributed by atoms with Crippen LogP contribution in [0, 0.1) is 0 Å². The molecule has 0 N–H and O–H groups in total. The van der Waals surface area contributed by atoms with Gasteiger partial charge < -0.3 is 14.2 Å². The molecule has 0 aliphatic rings. The lowest BCUT2D eigenvalue weighted by Crippen LogP contribution is -2.30. The lowest BCUT2D eigenvalue weighted by molar-refractivity contribution is -0.167. The molecule has 1 unspecified atom stereocenters. The third-order valence-corrected chi connectivity index (χ3v) is 16.2. The van der Waals surface area contributed by atoms with E-state index in [4.69, 9.17) is 14.2 Å². The number of ether oxygens (including phenoxy) is 3. The lowest BCUT2D eigenvalue weighted by atomic mass is 10.0. The molecule has 0 aliphatic heterocycles. The second kappa shape index (κ2) is 67.4. The van der Waals surface area contributed by atoms with E-state index < -0.39 is 6.10 Å². The van der Waals surface area contributed by atoms with E-state index in [1.54, 1.807) is 0 Å². The number of unbranched alkanes of at least 4 members (excludes halogenated alkanes) is 51. The van der Waals surface area contributed by atoms with Crippen LogP contribution in [-0.4, -0.2) is 37.2 Å². The topological polar surface area (TPSA) is 78.9 Å². The number of esters is 3. The van der Waals surface area contributed by atoms with Crippen molar-refractivity contribution in [2.24, 2.45) is 0 Å². The van der Waals surface area contributed by atoms with Crippen LogP contribution in [0.25, 0.3) is 0 Å². The van der Waals surface area contributed by atoms with Crippen molar-refractivity contribution < 1.29 is 28.6 Å². The molecule has 0 fully saturated rings. The van der Waals surface area contributed by atoms with Crippen molar-refractivity contribution in [2.75, 3.05) is 13.2 Å². The first-order valence-corrected chi connectivity index (χ1v) is 35.3. The highest BCUT2D eigenvalue weighted by atomic mass is 16.6. The van der Waals surface area contributed by atoms with Crippen molar-refractivity contribution >= 4 is 17.9 Å². The SMILES string of the molecule is CCCCC/C=C\C/C=C\CCCCCCCC(=O)OC(COC(=O)CCCCCCCCCCCCCC)COC(=O)CCCCCCCCCCCCCCCCCCCCCCCCCCCCCCCCCCC. The van der Waals surface area contributed by atoms with Crippen LogP contribution in [-0.2, 0) is 28.6 Å². The zero-order valence-corrected chi connectivity index (χ0v) is 53.0. The Hall–Kier alpha value is -2.11. The number of carbonyl (C=O) groups excluding carboxylic acids is 3. The third-order valence-electron chi connectivity index (χ3n) is 16.2. The monoisotopic (exact) mass is 1100 g/mol. The molecular formula is C72H136O6. The molecule has 0 aliphatic carbocycles. The summed E-state index contributed by atoms with van der Waals surface area (Å²) in [7, 11) is 0. The molecule has 460 valence electrons. The first-order valence-electron chi connectivity index (χ1n) is 35.3. The van der Waals surface area contributed by atoms with Gasteiger partial charge in [0.05, 0.1) is 0 Å². The van der Waals surface area contributed by atoms with E-state index in [-0.39, 0.29) is 31.1 Å². The maximum Gasteiger partial charge on any atom is 0.306 e. The standard InChI is InChI=1S/C72H136O6/c1-4-7-10-13-16-19-22-25-27-28-29-30-31-32-33-34-35-36-37-38-39-40-41-42-43-44-46-47-50-53-56-59-62-65-71(74)77-68-69(67-76-70(73)64-61-58-55-52-49-24-21-18-15-12-9-6-3)78-72(75)66-63-60-57-54-51-48-45-26-23-20-17-14-11-8-5-2/h17,20,26,45,69H,4-16,18-19,21-25,27-44,46-68H2,1-3H3/b20-17-,45-26-. The van der Waals surface area contributed by atoms with Crippen LogP contribution < -0.4 is 0 Å². The molecule has 0 aromatic rings.